The van der Waals surface area contributed by atoms with Gasteiger partial charge in [-0.25, -0.2) is 4.98 Å². The first-order chi connectivity index (χ1) is 16.1. The third kappa shape index (κ3) is 4.73. The lowest BCUT2D eigenvalue weighted by Gasteiger charge is -2.14. The summed E-state index contributed by atoms with van der Waals surface area (Å²) in [5.74, 6) is -0.228. The fraction of sp³-hybridized carbons (Fsp3) is 0.120. The van der Waals surface area contributed by atoms with E-state index in [4.69, 9.17) is 4.74 Å². The molecule has 0 saturated heterocycles. The molecule has 4 aromatic rings. The number of benzene rings is 2. The first-order valence-corrected chi connectivity index (χ1v) is 10.2. The Morgan fingerprint density at radius 1 is 0.912 bits per heavy atom. The third-order valence-electron chi connectivity index (χ3n) is 5.16. The number of nitrogens with one attached hydrogen (secondary N) is 1. The Balaban J connectivity index is 1.47. The predicted octanol–water partition coefficient (Wildman–Crippen LogP) is 6.26. The van der Waals surface area contributed by atoms with Crippen molar-refractivity contribution in [2.75, 3.05) is 5.32 Å². The van der Waals surface area contributed by atoms with Crippen molar-refractivity contribution in [2.24, 2.45) is 0 Å². The molecule has 0 aliphatic carbocycles. The Labute approximate surface area is 193 Å². The molecule has 2 aromatic carbocycles. The van der Waals surface area contributed by atoms with Crippen molar-refractivity contribution < 1.29 is 27.8 Å². The summed E-state index contributed by atoms with van der Waals surface area (Å²) in [5.41, 5.74) is 1.77. The number of alkyl halides is 3. The molecule has 1 amide bonds. The SMILES string of the molecule is Cc1ccc(C)n1-c1ccnc(C(=O)Nc2ccc(Oc3ccc(C(F)(F)F)cc3)cc2)c1O. The van der Waals surface area contributed by atoms with E-state index in [1.807, 2.05) is 30.5 Å². The van der Waals surface area contributed by atoms with E-state index < -0.39 is 17.6 Å². The summed E-state index contributed by atoms with van der Waals surface area (Å²) in [6.45, 7) is 3.78. The summed E-state index contributed by atoms with van der Waals surface area (Å²) in [5, 5.41) is 13.4. The lowest BCUT2D eigenvalue weighted by atomic mass is 10.2. The van der Waals surface area contributed by atoms with Crippen molar-refractivity contribution in [3.63, 3.8) is 0 Å². The average Bonchev–Trinajstić information content (AvgIpc) is 3.13. The molecule has 2 N–H and O–H groups in total. The van der Waals surface area contributed by atoms with Crippen molar-refractivity contribution in [3.05, 3.63) is 95.6 Å². The number of rotatable bonds is 5. The van der Waals surface area contributed by atoms with Crippen LogP contribution in [0.3, 0.4) is 0 Å². The fourth-order valence-electron chi connectivity index (χ4n) is 3.48. The minimum atomic E-state index is -4.42. The highest BCUT2D eigenvalue weighted by atomic mass is 19.4. The minimum Gasteiger partial charge on any atom is -0.504 e. The minimum absolute atomic E-state index is 0.130. The summed E-state index contributed by atoms with van der Waals surface area (Å²) < 4.78 is 45.4. The number of ether oxygens (including phenoxy) is 1. The zero-order valence-corrected chi connectivity index (χ0v) is 18.2. The van der Waals surface area contributed by atoms with Crippen LogP contribution in [0.1, 0.15) is 27.4 Å². The molecule has 2 aromatic heterocycles. The normalized spacial score (nSPS) is 11.3. The first-order valence-electron chi connectivity index (χ1n) is 10.2. The predicted molar refractivity (Wildman–Crippen MR) is 121 cm³/mol. The van der Waals surface area contributed by atoms with Crippen LogP contribution in [0.25, 0.3) is 5.69 Å². The van der Waals surface area contributed by atoms with E-state index in [2.05, 4.69) is 10.3 Å². The van der Waals surface area contributed by atoms with Crippen molar-refractivity contribution in [1.82, 2.24) is 9.55 Å². The molecule has 4 rings (SSSR count). The number of hydrogen-bond acceptors (Lipinski definition) is 4. The van der Waals surface area contributed by atoms with E-state index in [1.54, 1.807) is 30.3 Å². The Hall–Kier alpha value is -4.27. The van der Waals surface area contributed by atoms with Gasteiger partial charge in [-0.3, -0.25) is 4.79 Å². The molecule has 0 unspecified atom stereocenters. The molecule has 34 heavy (non-hydrogen) atoms. The summed E-state index contributed by atoms with van der Waals surface area (Å²) in [7, 11) is 0. The van der Waals surface area contributed by atoms with Gasteiger partial charge in [-0.2, -0.15) is 13.2 Å². The van der Waals surface area contributed by atoms with Gasteiger partial charge in [-0.15, -0.1) is 0 Å². The molecule has 9 heteroatoms. The lowest BCUT2D eigenvalue weighted by molar-refractivity contribution is -0.137. The first kappa shape index (κ1) is 22.9. The number of hydrogen-bond donors (Lipinski definition) is 2. The Bertz CT molecular complexity index is 1310. The zero-order chi connectivity index (χ0) is 24.5. The lowest BCUT2D eigenvalue weighted by Crippen LogP contribution is -2.15. The third-order valence-corrected chi connectivity index (χ3v) is 5.16. The van der Waals surface area contributed by atoms with E-state index in [-0.39, 0.29) is 17.2 Å². The Morgan fingerprint density at radius 3 is 2.03 bits per heavy atom. The second-order valence-corrected chi connectivity index (χ2v) is 7.58. The van der Waals surface area contributed by atoms with Gasteiger partial charge >= 0.3 is 6.18 Å². The molecular formula is C25H20F3N3O3. The van der Waals surface area contributed by atoms with E-state index in [0.29, 0.717) is 17.1 Å². The number of aromatic nitrogens is 2. The Kier molecular flexibility index (Phi) is 6.02. The number of aromatic hydroxyl groups is 1. The molecule has 0 bridgehead atoms. The molecule has 6 nitrogen and oxygen atoms in total. The van der Waals surface area contributed by atoms with Gasteiger partial charge in [0.25, 0.3) is 5.91 Å². The summed E-state index contributed by atoms with van der Waals surface area (Å²) in [6, 6.07) is 16.0. The van der Waals surface area contributed by atoms with Gasteiger partial charge in [0.1, 0.15) is 11.5 Å². The average molecular weight is 467 g/mol. The van der Waals surface area contributed by atoms with Crippen LogP contribution in [0.15, 0.2) is 72.9 Å². The number of nitrogens with zero attached hydrogens (tertiary/aromatic N) is 2. The molecule has 2 heterocycles. The highest BCUT2D eigenvalue weighted by Crippen LogP contribution is 2.32. The van der Waals surface area contributed by atoms with Crippen LogP contribution in [0.2, 0.25) is 0 Å². The van der Waals surface area contributed by atoms with Crippen molar-refractivity contribution in [1.29, 1.82) is 0 Å². The van der Waals surface area contributed by atoms with Gasteiger partial charge in [-0.05, 0) is 80.6 Å². The monoisotopic (exact) mass is 467 g/mol. The molecular weight excluding hydrogens is 447 g/mol. The van der Waals surface area contributed by atoms with Crippen LogP contribution in [0, 0.1) is 13.8 Å². The van der Waals surface area contributed by atoms with Gasteiger partial charge in [0.15, 0.2) is 11.4 Å². The van der Waals surface area contributed by atoms with Gasteiger partial charge in [-0.1, -0.05) is 0 Å². The van der Waals surface area contributed by atoms with Crippen molar-refractivity contribution in [2.45, 2.75) is 20.0 Å². The second kappa shape index (κ2) is 8.93. The standard InChI is InChI=1S/C25H20F3N3O3/c1-15-3-4-16(2)31(15)21-13-14-29-22(23(21)32)24(33)30-18-7-11-20(12-8-18)34-19-9-5-17(6-10-19)25(26,27)28/h3-14,32H,1-2H3,(H,30,33). The number of carbonyl (C=O) groups excluding carboxylic acids is 1. The number of pyridine rings is 1. The maximum absolute atomic E-state index is 12.7. The highest BCUT2D eigenvalue weighted by Gasteiger charge is 2.30. The van der Waals surface area contributed by atoms with Crippen molar-refractivity contribution >= 4 is 11.6 Å². The van der Waals surface area contributed by atoms with Gasteiger partial charge in [0.2, 0.25) is 0 Å². The summed E-state index contributed by atoms with van der Waals surface area (Å²) in [6.07, 6.45) is -2.97. The van der Waals surface area contributed by atoms with Crippen LogP contribution in [0.4, 0.5) is 18.9 Å². The maximum Gasteiger partial charge on any atom is 0.416 e. The molecule has 0 spiro atoms. The van der Waals surface area contributed by atoms with E-state index in [0.717, 1.165) is 23.5 Å². The van der Waals surface area contributed by atoms with Gasteiger partial charge < -0.3 is 19.7 Å². The highest BCUT2D eigenvalue weighted by molar-refractivity contribution is 6.05. The van der Waals surface area contributed by atoms with Crippen LogP contribution in [-0.2, 0) is 6.18 Å². The van der Waals surface area contributed by atoms with E-state index >= 15 is 0 Å². The molecule has 174 valence electrons. The number of halogens is 3. The summed E-state index contributed by atoms with van der Waals surface area (Å²) in [4.78, 5) is 16.8. The smallest absolute Gasteiger partial charge is 0.416 e. The molecule has 0 aliphatic heterocycles. The van der Waals surface area contributed by atoms with E-state index in [9.17, 15) is 23.1 Å². The molecule has 0 saturated carbocycles. The quantitative estimate of drug-likeness (QED) is 0.363. The summed E-state index contributed by atoms with van der Waals surface area (Å²) >= 11 is 0. The molecule has 0 radical (unpaired) electrons. The molecule has 0 atom stereocenters. The topological polar surface area (TPSA) is 76.4 Å². The van der Waals surface area contributed by atoms with Crippen LogP contribution >= 0.6 is 0 Å². The van der Waals surface area contributed by atoms with Gasteiger partial charge in [0, 0.05) is 23.3 Å². The fourth-order valence-corrected chi connectivity index (χ4v) is 3.48. The van der Waals surface area contributed by atoms with Crippen molar-refractivity contribution in [3.8, 4) is 22.9 Å². The Morgan fingerprint density at radius 2 is 1.47 bits per heavy atom. The number of carbonyl (C=O) groups is 1. The van der Waals surface area contributed by atoms with Crippen LogP contribution < -0.4 is 10.1 Å². The van der Waals surface area contributed by atoms with Crippen LogP contribution in [0.5, 0.6) is 17.2 Å². The van der Waals surface area contributed by atoms with Gasteiger partial charge in [0.05, 0.1) is 11.3 Å². The number of amides is 1. The molecule has 0 fully saturated rings. The largest absolute Gasteiger partial charge is 0.504 e. The van der Waals surface area contributed by atoms with Crippen LogP contribution in [-0.4, -0.2) is 20.6 Å². The zero-order valence-electron chi connectivity index (χ0n) is 18.2. The van der Waals surface area contributed by atoms with E-state index in [1.165, 1.54) is 18.3 Å². The second-order valence-electron chi connectivity index (χ2n) is 7.58. The number of anilines is 1. The molecule has 0 aliphatic rings. The number of aryl methyl sites for hydroxylation is 2. The maximum atomic E-state index is 12.7.